The molecule has 0 spiro atoms. The van der Waals surface area contributed by atoms with E-state index in [0.717, 1.165) is 0 Å². The van der Waals surface area contributed by atoms with Gasteiger partial charge in [-0.1, -0.05) is 6.07 Å². The summed E-state index contributed by atoms with van der Waals surface area (Å²) in [5.41, 5.74) is 0.639. The molecular weight excluding hydrogens is 202 g/mol. The average molecular weight is 215 g/mol. The summed E-state index contributed by atoms with van der Waals surface area (Å²) in [6, 6.07) is 5.33. The summed E-state index contributed by atoms with van der Waals surface area (Å²) in [6.45, 7) is 0. The lowest BCUT2D eigenvalue weighted by Gasteiger charge is -2.12. The number of hydrogen-bond donors (Lipinski definition) is 0. The van der Waals surface area contributed by atoms with Gasteiger partial charge in [-0.3, -0.25) is 4.98 Å². The Morgan fingerprint density at radius 1 is 1.50 bits per heavy atom. The van der Waals surface area contributed by atoms with Crippen molar-refractivity contribution in [3.05, 3.63) is 30.1 Å². The lowest BCUT2D eigenvalue weighted by atomic mass is 10.2. The van der Waals surface area contributed by atoms with Gasteiger partial charge in [0, 0.05) is 19.6 Å². The van der Waals surface area contributed by atoms with Crippen molar-refractivity contribution in [1.29, 1.82) is 0 Å². The summed E-state index contributed by atoms with van der Waals surface area (Å²) < 4.78 is 27.2. The minimum absolute atomic E-state index is 0.0412. The van der Waals surface area contributed by atoms with Gasteiger partial charge in [0.2, 0.25) is 0 Å². The zero-order valence-corrected chi connectivity index (χ0v) is 8.99. The molecular formula is C9H13NO3S. The van der Waals surface area contributed by atoms with Crippen molar-refractivity contribution < 1.29 is 13.2 Å². The van der Waals surface area contributed by atoms with E-state index in [4.69, 9.17) is 4.74 Å². The molecule has 0 aromatic carbocycles. The predicted molar refractivity (Wildman–Crippen MR) is 53.7 cm³/mol. The van der Waals surface area contributed by atoms with Crippen LogP contribution in [-0.2, 0) is 14.6 Å². The fraction of sp³-hybridized carbons (Fsp3) is 0.444. The molecule has 1 rings (SSSR count). The number of pyridine rings is 1. The highest BCUT2D eigenvalue weighted by molar-refractivity contribution is 7.90. The standard InChI is InChI=1S/C9H13NO3S/c1-13-9(7-14(2,11)12)8-5-3-4-6-10-8/h3-6,9H,7H2,1-2H3. The van der Waals surface area contributed by atoms with Gasteiger partial charge in [0.25, 0.3) is 0 Å². The first-order chi connectivity index (χ1) is 6.53. The van der Waals surface area contributed by atoms with Gasteiger partial charge in [-0.2, -0.15) is 0 Å². The zero-order chi connectivity index (χ0) is 10.6. The van der Waals surface area contributed by atoms with E-state index < -0.39 is 15.9 Å². The number of nitrogens with zero attached hydrogens (tertiary/aromatic N) is 1. The van der Waals surface area contributed by atoms with Crippen LogP contribution in [-0.4, -0.2) is 32.5 Å². The Hall–Kier alpha value is -0.940. The normalized spacial score (nSPS) is 13.9. The van der Waals surface area contributed by atoms with Crippen molar-refractivity contribution in [2.24, 2.45) is 0 Å². The molecule has 4 nitrogen and oxygen atoms in total. The molecule has 0 fully saturated rings. The fourth-order valence-electron chi connectivity index (χ4n) is 1.12. The lowest BCUT2D eigenvalue weighted by molar-refractivity contribution is 0.118. The Morgan fingerprint density at radius 2 is 2.21 bits per heavy atom. The van der Waals surface area contributed by atoms with Crippen molar-refractivity contribution in [3.8, 4) is 0 Å². The number of rotatable bonds is 4. The summed E-state index contributed by atoms with van der Waals surface area (Å²) >= 11 is 0. The molecule has 0 saturated carbocycles. The molecule has 0 radical (unpaired) electrons. The SMILES string of the molecule is COC(CS(C)(=O)=O)c1ccccn1. The lowest BCUT2D eigenvalue weighted by Crippen LogP contribution is -2.15. The van der Waals surface area contributed by atoms with Crippen LogP contribution in [0.5, 0.6) is 0 Å². The van der Waals surface area contributed by atoms with Gasteiger partial charge in [-0.05, 0) is 12.1 Å². The summed E-state index contributed by atoms with van der Waals surface area (Å²) in [5.74, 6) is -0.0412. The second kappa shape index (κ2) is 4.52. The van der Waals surface area contributed by atoms with Gasteiger partial charge in [-0.15, -0.1) is 0 Å². The van der Waals surface area contributed by atoms with E-state index in [1.165, 1.54) is 13.4 Å². The van der Waals surface area contributed by atoms with Gasteiger partial charge < -0.3 is 4.74 Å². The summed E-state index contributed by atoms with van der Waals surface area (Å²) in [4.78, 5) is 4.04. The van der Waals surface area contributed by atoms with Crippen LogP contribution < -0.4 is 0 Å². The number of ether oxygens (including phenoxy) is 1. The molecule has 1 atom stereocenters. The third-order valence-electron chi connectivity index (χ3n) is 1.76. The van der Waals surface area contributed by atoms with E-state index >= 15 is 0 Å². The van der Waals surface area contributed by atoms with Crippen molar-refractivity contribution in [1.82, 2.24) is 4.98 Å². The molecule has 0 aliphatic carbocycles. The molecule has 1 unspecified atom stereocenters. The molecule has 0 saturated heterocycles. The maximum absolute atomic E-state index is 11.1. The van der Waals surface area contributed by atoms with E-state index in [1.807, 2.05) is 0 Å². The second-order valence-corrected chi connectivity index (χ2v) is 5.26. The van der Waals surface area contributed by atoms with Crippen LogP contribution in [0.15, 0.2) is 24.4 Å². The van der Waals surface area contributed by atoms with Gasteiger partial charge >= 0.3 is 0 Å². The van der Waals surface area contributed by atoms with Gasteiger partial charge in [0.1, 0.15) is 15.9 Å². The number of methoxy groups -OCH3 is 1. The van der Waals surface area contributed by atoms with Crippen LogP contribution in [0.1, 0.15) is 11.8 Å². The maximum Gasteiger partial charge on any atom is 0.150 e. The fourth-order valence-corrected chi connectivity index (χ4v) is 1.97. The van der Waals surface area contributed by atoms with Crippen molar-refractivity contribution in [2.45, 2.75) is 6.10 Å². The highest BCUT2D eigenvalue weighted by atomic mass is 32.2. The predicted octanol–water partition coefficient (Wildman–Crippen LogP) is 0.814. The Morgan fingerprint density at radius 3 is 2.64 bits per heavy atom. The summed E-state index contributed by atoms with van der Waals surface area (Å²) in [7, 11) is -1.57. The third kappa shape index (κ3) is 3.43. The molecule has 0 aliphatic heterocycles. The Labute approximate surface area is 83.8 Å². The van der Waals surface area contributed by atoms with E-state index in [9.17, 15) is 8.42 Å². The zero-order valence-electron chi connectivity index (χ0n) is 8.17. The Balaban J connectivity index is 2.84. The van der Waals surface area contributed by atoms with E-state index in [2.05, 4.69) is 4.98 Å². The molecule has 0 aliphatic rings. The monoisotopic (exact) mass is 215 g/mol. The topological polar surface area (TPSA) is 56.3 Å². The quantitative estimate of drug-likeness (QED) is 0.746. The maximum atomic E-state index is 11.1. The Bertz CT molecular complexity index is 374. The molecule has 1 heterocycles. The molecule has 1 aromatic rings. The first-order valence-electron chi connectivity index (χ1n) is 4.14. The number of aromatic nitrogens is 1. The molecule has 78 valence electrons. The smallest absolute Gasteiger partial charge is 0.150 e. The highest BCUT2D eigenvalue weighted by Crippen LogP contribution is 2.15. The van der Waals surface area contributed by atoms with Crippen molar-refractivity contribution in [3.63, 3.8) is 0 Å². The summed E-state index contributed by atoms with van der Waals surface area (Å²) in [5, 5.41) is 0. The highest BCUT2D eigenvalue weighted by Gasteiger charge is 2.17. The minimum Gasteiger partial charge on any atom is -0.374 e. The van der Waals surface area contributed by atoms with E-state index in [-0.39, 0.29) is 5.75 Å². The van der Waals surface area contributed by atoms with E-state index in [0.29, 0.717) is 5.69 Å². The first kappa shape index (κ1) is 11.1. The number of hydrogen-bond acceptors (Lipinski definition) is 4. The van der Waals surface area contributed by atoms with Crippen LogP contribution in [0.4, 0.5) is 0 Å². The van der Waals surface area contributed by atoms with E-state index in [1.54, 1.807) is 24.4 Å². The Kier molecular flexibility index (Phi) is 3.60. The van der Waals surface area contributed by atoms with Gasteiger partial charge in [0.15, 0.2) is 0 Å². The molecule has 5 heteroatoms. The van der Waals surface area contributed by atoms with Crippen LogP contribution in [0.2, 0.25) is 0 Å². The van der Waals surface area contributed by atoms with Crippen LogP contribution >= 0.6 is 0 Å². The first-order valence-corrected chi connectivity index (χ1v) is 6.20. The van der Waals surface area contributed by atoms with Gasteiger partial charge in [0.05, 0.1) is 11.4 Å². The van der Waals surface area contributed by atoms with Crippen LogP contribution in [0, 0.1) is 0 Å². The van der Waals surface area contributed by atoms with Crippen molar-refractivity contribution in [2.75, 3.05) is 19.1 Å². The molecule has 14 heavy (non-hydrogen) atoms. The molecule has 0 bridgehead atoms. The largest absolute Gasteiger partial charge is 0.374 e. The van der Waals surface area contributed by atoms with Gasteiger partial charge in [-0.25, -0.2) is 8.42 Å². The van der Waals surface area contributed by atoms with Crippen molar-refractivity contribution >= 4 is 9.84 Å². The molecule has 1 aromatic heterocycles. The van der Waals surface area contributed by atoms with Crippen LogP contribution in [0.3, 0.4) is 0 Å². The number of sulfone groups is 1. The molecule has 0 N–H and O–H groups in total. The molecule has 0 amide bonds. The third-order valence-corrected chi connectivity index (χ3v) is 2.66. The second-order valence-electron chi connectivity index (χ2n) is 3.07. The van der Waals surface area contributed by atoms with Crippen LogP contribution in [0.25, 0.3) is 0 Å². The minimum atomic E-state index is -3.05. The summed E-state index contributed by atoms with van der Waals surface area (Å²) in [6.07, 6.45) is 2.32. The average Bonchev–Trinajstić information content (AvgIpc) is 2.14.